The zero-order valence-corrected chi connectivity index (χ0v) is 8.96. The second kappa shape index (κ2) is 5.00. The smallest absolute Gasteiger partial charge is 0.178 e. The van der Waals surface area contributed by atoms with Crippen LogP contribution < -0.4 is 4.57 Å². The summed E-state index contributed by atoms with van der Waals surface area (Å²) in [6, 6.07) is 7.08. The summed E-state index contributed by atoms with van der Waals surface area (Å²) < 4.78 is 2.39. The van der Waals surface area contributed by atoms with Gasteiger partial charge in [0.25, 0.3) is 0 Å². The van der Waals surface area contributed by atoms with Crippen LogP contribution in [-0.2, 0) is 0 Å². The van der Waals surface area contributed by atoms with Gasteiger partial charge in [0.15, 0.2) is 17.9 Å². The highest BCUT2D eigenvalue weighted by molar-refractivity contribution is 4.94. The van der Waals surface area contributed by atoms with Crippen LogP contribution in [0.5, 0.6) is 0 Å². The first kappa shape index (κ1) is 10.2. The Labute approximate surface area is 81.4 Å². The maximum absolute atomic E-state index is 2.39. The van der Waals surface area contributed by atoms with Crippen molar-refractivity contribution in [2.24, 2.45) is 0 Å². The number of hydrogen-bond donors (Lipinski definition) is 0. The fourth-order valence-corrected chi connectivity index (χ4v) is 1.82. The molecule has 0 aliphatic heterocycles. The van der Waals surface area contributed by atoms with E-state index in [2.05, 4.69) is 49.7 Å². The molecule has 1 aromatic rings. The van der Waals surface area contributed by atoms with E-state index in [0.29, 0.717) is 6.04 Å². The van der Waals surface area contributed by atoms with Gasteiger partial charge in [0, 0.05) is 31.9 Å². The molecule has 1 aromatic heterocycles. The molecular formula is C12H20N+. The van der Waals surface area contributed by atoms with E-state index in [1.54, 1.807) is 0 Å². The lowest BCUT2D eigenvalue weighted by atomic mass is 10.1. The molecule has 1 heteroatoms. The molecule has 0 saturated carbocycles. The van der Waals surface area contributed by atoms with Crippen LogP contribution in [0.4, 0.5) is 0 Å². The van der Waals surface area contributed by atoms with Gasteiger partial charge in [-0.3, -0.25) is 0 Å². The monoisotopic (exact) mass is 178 g/mol. The minimum Gasteiger partial charge on any atom is -0.200 e. The van der Waals surface area contributed by atoms with E-state index in [1.807, 2.05) is 0 Å². The van der Waals surface area contributed by atoms with Crippen molar-refractivity contribution in [1.82, 2.24) is 0 Å². The van der Waals surface area contributed by atoms with Crippen LogP contribution in [0.3, 0.4) is 0 Å². The lowest BCUT2D eigenvalue weighted by molar-refractivity contribution is -0.729. The van der Waals surface area contributed by atoms with Crippen molar-refractivity contribution in [2.45, 2.75) is 46.1 Å². The quantitative estimate of drug-likeness (QED) is 0.624. The molecule has 13 heavy (non-hydrogen) atoms. The molecule has 0 spiro atoms. The van der Waals surface area contributed by atoms with Gasteiger partial charge in [0.1, 0.15) is 0 Å². The van der Waals surface area contributed by atoms with Crippen molar-refractivity contribution in [3.63, 3.8) is 0 Å². The summed E-state index contributed by atoms with van der Waals surface area (Å²) in [7, 11) is 0. The Balaban J connectivity index is 2.84. The second-order valence-electron chi connectivity index (χ2n) is 3.60. The summed E-state index contributed by atoms with van der Waals surface area (Å²) in [5.74, 6) is 0. The summed E-state index contributed by atoms with van der Waals surface area (Å²) in [5, 5.41) is 0. The Bertz CT molecular complexity index is 255. The Morgan fingerprint density at radius 3 is 2.62 bits per heavy atom. The predicted octanol–water partition coefficient (Wildman–Crippen LogP) is 3.03. The normalized spacial score (nSPS) is 12.8. The van der Waals surface area contributed by atoms with Crippen LogP contribution in [0.1, 0.15) is 44.8 Å². The zero-order valence-electron chi connectivity index (χ0n) is 8.96. The molecule has 0 amide bonds. The first-order valence-electron chi connectivity index (χ1n) is 5.26. The van der Waals surface area contributed by atoms with Gasteiger partial charge < -0.3 is 0 Å². The topological polar surface area (TPSA) is 3.88 Å². The third-order valence-corrected chi connectivity index (χ3v) is 2.59. The zero-order chi connectivity index (χ0) is 9.68. The Morgan fingerprint density at radius 1 is 1.31 bits per heavy atom. The molecular weight excluding hydrogens is 158 g/mol. The average Bonchev–Trinajstić information content (AvgIpc) is 2.16. The summed E-state index contributed by atoms with van der Waals surface area (Å²) >= 11 is 0. The molecule has 1 atom stereocenters. The van der Waals surface area contributed by atoms with Gasteiger partial charge in [0.2, 0.25) is 0 Å². The number of hydrogen-bond acceptors (Lipinski definition) is 0. The van der Waals surface area contributed by atoms with Crippen molar-refractivity contribution >= 4 is 0 Å². The molecule has 0 aliphatic carbocycles. The molecule has 1 nitrogen and oxygen atoms in total. The summed E-state index contributed by atoms with van der Waals surface area (Å²) in [6.45, 7) is 6.69. The highest BCUT2D eigenvalue weighted by Gasteiger charge is 2.16. The fourth-order valence-electron chi connectivity index (χ4n) is 1.82. The number of pyridine rings is 1. The van der Waals surface area contributed by atoms with Crippen molar-refractivity contribution in [1.29, 1.82) is 0 Å². The van der Waals surface area contributed by atoms with Gasteiger partial charge in [-0.15, -0.1) is 0 Å². The van der Waals surface area contributed by atoms with E-state index in [4.69, 9.17) is 0 Å². The van der Waals surface area contributed by atoms with E-state index in [1.165, 1.54) is 25.0 Å². The summed E-state index contributed by atoms with van der Waals surface area (Å²) in [5.41, 5.74) is 1.36. The Morgan fingerprint density at radius 2 is 2.08 bits per heavy atom. The molecule has 72 valence electrons. The Kier molecular flexibility index (Phi) is 3.94. The second-order valence-corrected chi connectivity index (χ2v) is 3.60. The average molecular weight is 178 g/mol. The molecule has 1 unspecified atom stereocenters. The first-order chi connectivity index (χ1) is 6.29. The van der Waals surface area contributed by atoms with E-state index in [-0.39, 0.29) is 0 Å². The minimum absolute atomic E-state index is 0.686. The van der Waals surface area contributed by atoms with E-state index >= 15 is 0 Å². The molecule has 0 saturated heterocycles. The van der Waals surface area contributed by atoms with Crippen LogP contribution >= 0.6 is 0 Å². The van der Waals surface area contributed by atoms with Crippen molar-refractivity contribution in [3.05, 3.63) is 30.1 Å². The third-order valence-electron chi connectivity index (χ3n) is 2.59. The fraction of sp³-hybridized carbons (Fsp3) is 0.583. The highest BCUT2D eigenvalue weighted by Crippen LogP contribution is 2.10. The number of aryl methyl sites for hydroxylation is 1. The maximum atomic E-state index is 2.39. The SMILES string of the molecule is CCCC(CC)[n+]1ccccc1C. The number of aromatic nitrogens is 1. The Hall–Kier alpha value is -0.850. The molecule has 1 rings (SSSR count). The molecule has 0 aromatic carbocycles. The van der Waals surface area contributed by atoms with Gasteiger partial charge >= 0.3 is 0 Å². The summed E-state index contributed by atoms with van der Waals surface area (Å²) in [6.07, 6.45) is 5.97. The lowest BCUT2D eigenvalue weighted by Crippen LogP contribution is -2.41. The largest absolute Gasteiger partial charge is 0.200 e. The van der Waals surface area contributed by atoms with Crippen molar-refractivity contribution < 1.29 is 4.57 Å². The first-order valence-corrected chi connectivity index (χ1v) is 5.26. The molecule has 1 heterocycles. The van der Waals surface area contributed by atoms with E-state index in [9.17, 15) is 0 Å². The van der Waals surface area contributed by atoms with E-state index in [0.717, 1.165) is 0 Å². The van der Waals surface area contributed by atoms with Gasteiger partial charge in [0.05, 0.1) is 0 Å². The lowest BCUT2D eigenvalue weighted by Gasteiger charge is -2.10. The molecule has 0 bridgehead atoms. The number of nitrogens with zero attached hydrogens (tertiary/aromatic N) is 1. The van der Waals surface area contributed by atoms with Crippen molar-refractivity contribution in [3.8, 4) is 0 Å². The van der Waals surface area contributed by atoms with Crippen LogP contribution in [0.2, 0.25) is 0 Å². The van der Waals surface area contributed by atoms with Gasteiger partial charge in [-0.1, -0.05) is 19.9 Å². The molecule has 0 aliphatic rings. The molecule has 0 N–H and O–H groups in total. The van der Waals surface area contributed by atoms with Crippen LogP contribution in [-0.4, -0.2) is 0 Å². The minimum atomic E-state index is 0.686. The highest BCUT2D eigenvalue weighted by atomic mass is 15.0. The standard InChI is InChI=1S/C12H20N/c1-4-8-12(5-2)13-10-7-6-9-11(13)3/h6-7,9-10,12H,4-5,8H2,1-3H3/q+1. The maximum Gasteiger partial charge on any atom is 0.178 e. The van der Waals surface area contributed by atoms with Crippen molar-refractivity contribution in [2.75, 3.05) is 0 Å². The van der Waals surface area contributed by atoms with Crippen LogP contribution in [0, 0.1) is 6.92 Å². The summed E-state index contributed by atoms with van der Waals surface area (Å²) in [4.78, 5) is 0. The van der Waals surface area contributed by atoms with Gasteiger partial charge in [-0.25, -0.2) is 4.57 Å². The van der Waals surface area contributed by atoms with Gasteiger partial charge in [-0.05, 0) is 6.42 Å². The van der Waals surface area contributed by atoms with Gasteiger partial charge in [-0.2, -0.15) is 0 Å². The predicted molar refractivity (Wildman–Crippen MR) is 55.6 cm³/mol. The molecule has 0 fully saturated rings. The van der Waals surface area contributed by atoms with Crippen LogP contribution in [0.15, 0.2) is 24.4 Å². The van der Waals surface area contributed by atoms with Crippen LogP contribution in [0.25, 0.3) is 0 Å². The third kappa shape index (κ3) is 2.55. The van der Waals surface area contributed by atoms with E-state index < -0.39 is 0 Å². The number of rotatable bonds is 4. The molecule has 0 radical (unpaired) electrons.